The van der Waals surface area contributed by atoms with E-state index in [0.29, 0.717) is 31.5 Å². The van der Waals surface area contributed by atoms with Gasteiger partial charge in [-0.15, -0.1) is 10.2 Å². The number of aryl methyl sites for hydroxylation is 1. The van der Waals surface area contributed by atoms with Gasteiger partial charge < -0.3 is 0 Å². The van der Waals surface area contributed by atoms with Crippen LogP contribution >= 0.6 is 11.3 Å². The summed E-state index contributed by atoms with van der Waals surface area (Å²) in [6, 6.07) is 3.92. The lowest BCUT2D eigenvalue weighted by Crippen LogP contribution is -2.37. The number of hydrogen-bond donors (Lipinski definition) is 0. The SMILES string of the molecule is Cc1cc(S(=O)(=O)N2CCC(c3nn4cnnc4s3)CC2)ccc1F. The Kier molecular flexibility index (Phi) is 4.05. The molecule has 0 unspecified atom stereocenters. The highest BCUT2D eigenvalue weighted by molar-refractivity contribution is 7.89. The molecule has 0 N–H and O–H groups in total. The van der Waals surface area contributed by atoms with Gasteiger partial charge in [0.05, 0.1) is 4.90 Å². The molecule has 0 bridgehead atoms. The second kappa shape index (κ2) is 6.11. The predicted octanol–water partition coefficient (Wildman–Crippen LogP) is 2.20. The topological polar surface area (TPSA) is 80.5 Å². The van der Waals surface area contributed by atoms with Gasteiger partial charge in [0.15, 0.2) is 0 Å². The van der Waals surface area contributed by atoms with Crippen LogP contribution in [0.25, 0.3) is 4.96 Å². The fourth-order valence-corrected chi connectivity index (χ4v) is 5.55. The molecular weight excluding hydrogens is 365 g/mol. The first-order chi connectivity index (χ1) is 11.9. The molecule has 25 heavy (non-hydrogen) atoms. The molecule has 2 aromatic heterocycles. The summed E-state index contributed by atoms with van der Waals surface area (Å²) in [4.78, 5) is 0.885. The zero-order valence-corrected chi connectivity index (χ0v) is 15.1. The van der Waals surface area contributed by atoms with Crippen LogP contribution in [0.3, 0.4) is 0 Å². The zero-order chi connectivity index (χ0) is 17.6. The second-order valence-corrected chi connectivity index (χ2v) is 9.01. The van der Waals surface area contributed by atoms with Gasteiger partial charge in [-0.25, -0.2) is 12.8 Å². The standard InChI is InChI=1S/C15H16FN5O2S2/c1-10-8-12(2-3-13(10)16)25(22,23)20-6-4-11(5-7-20)14-19-21-9-17-18-15(21)24-14/h2-3,8-9,11H,4-7H2,1H3. The largest absolute Gasteiger partial charge is 0.243 e. The van der Waals surface area contributed by atoms with Gasteiger partial charge >= 0.3 is 0 Å². The molecular formula is C15H16FN5O2S2. The third-order valence-electron chi connectivity index (χ3n) is 4.47. The summed E-state index contributed by atoms with van der Waals surface area (Å²) in [5, 5.41) is 13.2. The summed E-state index contributed by atoms with van der Waals surface area (Å²) < 4.78 is 42.0. The molecule has 3 heterocycles. The average Bonchev–Trinajstić information content (AvgIpc) is 3.19. The highest BCUT2D eigenvalue weighted by atomic mass is 32.2. The molecule has 1 saturated heterocycles. The summed E-state index contributed by atoms with van der Waals surface area (Å²) in [6.45, 7) is 2.40. The Labute approximate surface area is 148 Å². The van der Waals surface area contributed by atoms with Crippen LogP contribution in [-0.4, -0.2) is 45.6 Å². The van der Waals surface area contributed by atoms with Crippen LogP contribution in [0.1, 0.15) is 29.3 Å². The van der Waals surface area contributed by atoms with Crippen LogP contribution in [-0.2, 0) is 10.0 Å². The van der Waals surface area contributed by atoms with Crippen molar-refractivity contribution in [2.24, 2.45) is 0 Å². The molecule has 1 aliphatic heterocycles. The summed E-state index contributed by atoms with van der Waals surface area (Å²) in [5.41, 5.74) is 0.329. The van der Waals surface area contributed by atoms with Crippen molar-refractivity contribution in [3.63, 3.8) is 0 Å². The molecule has 0 saturated carbocycles. The van der Waals surface area contributed by atoms with Crippen molar-refractivity contribution >= 4 is 26.3 Å². The van der Waals surface area contributed by atoms with E-state index in [2.05, 4.69) is 15.3 Å². The molecule has 0 radical (unpaired) electrons. The number of halogens is 1. The van der Waals surface area contributed by atoms with E-state index in [-0.39, 0.29) is 10.8 Å². The maximum atomic E-state index is 13.4. The minimum absolute atomic E-state index is 0.142. The minimum atomic E-state index is -3.60. The predicted molar refractivity (Wildman–Crippen MR) is 90.5 cm³/mol. The summed E-state index contributed by atoms with van der Waals surface area (Å²) in [6.07, 6.45) is 2.96. The fraction of sp³-hybridized carbons (Fsp3) is 0.400. The first-order valence-corrected chi connectivity index (χ1v) is 10.1. The van der Waals surface area contributed by atoms with Crippen molar-refractivity contribution in [3.05, 3.63) is 40.9 Å². The molecule has 1 aliphatic rings. The van der Waals surface area contributed by atoms with Crippen molar-refractivity contribution in [2.75, 3.05) is 13.1 Å². The van der Waals surface area contributed by atoms with Gasteiger partial charge in [0.1, 0.15) is 17.2 Å². The lowest BCUT2D eigenvalue weighted by molar-refractivity contribution is 0.318. The molecule has 1 aromatic carbocycles. The highest BCUT2D eigenvalue weighted by Gasteiger charge is 2.31. The molecule has 4 rings (SSSR count). The van der Waals surface area contributed by atoms with Crippen molar-refractivity contribution in [3.8, 4) is 0 Å². The molecule has 10 heteroatoms. The van der Waals surface area contributed by atoms with Crippen LogP contribution in [0.2, 0.25) is 0 Å². The number of fused-ring (bicyclic) bond motifs is 1. The Morgan fingerprint density at radius 1 is 1.28 bits per heavy atom. The molecule has 132 valence electrons. The minimum Gasteiger partial charge on any atom is -0.207 e. The van der Waals surface area contributed by atoms with Gasteiger partial charge in [0, 0.05) is 19.0 Å². The molecule has 7 nitrogen and oxygen atoms in total. The smallest absolute Gasteiger partial charge is 0.207 e. The maximum Gasteiger partial charge on any atom is 0.243 e. The Balaban J connectivity index is 1.50. The molecule has 0 spiro atoms. The van der Waals surface area contributed by atoms with E-state index in [0.717, 1.165) is 9.97 Å². The van der Waals surface area contributed by atoms with Gasteiger partial charge in [0.2, 0.25) is 15.0 Å². The first-order valence-electron chi connectivity index (χ1n) is 7.88. The zero-order valence-electron chi connectivity index (χ0n) is 13.5. The highest BCUT2D eigenvalue weighted by Crippen LogP contribution is 2.33. The number of sulfonamides is 1. The van der Waals surface area contributed by atoms with Crippen molar-refractivity contribution < 1.29 is 12.8 Å². The average molecular weight is 381 g/mol. The van der Waals surface area contributed by atoms with Crippen LogP contribution in [0.4, 0.5) is 4.39 Å². The number of nitrogens with zero attached hydrogens (tertiary/aromatic N) is 5. The number of rotatable bonds is 3. The lowest BCUT2D eigenvalue weighted by atomic mass is 9.99. The Hall–Kier alpha value is -1.91. The van der Waals surface area contributed by atoms with E-state index in [1.165, 1.54) is 33.8 Å². The van der Waals surface area contributed by atoms with E-state index in [1.807, 2.05) is 0 Å². The van der Waals surface area contributed by atoms with Crippen LogP contribution in [0.15, 0.2) is 29.4 Å². The molecule has 3 aromatic rings. The van der Waals surface area contributed by atoms with Crippen molar-refractivity contribution in [1.29, 1.82) is 0 Å². The van der Waals surface area contributed by atoms with Gasteiger partial charge in [-0.3, -0.25) is 0 Å². The molecule has 0 aliphatic carbocycles. The number of piperidine rings is 1. The quantitative estimate of drug-likeness (QED) is 0.695. The molecule has 0 atom stereocenters. The maximum absolute atomic E-state index is 13.4. The summed E-state index contributed by atoms with van der Waals surface area (Å²) in [7, 11) is -3.60. The normalized spacial score (nSPS) is 17.4. The summed E-state index contributed by atoms with van der Waals surface area (Å²) >= 11 is 1.49. The monoisotopic (exact) mass is 381 g/mol. The van der Waals surface area contributed by atoms with Crippen LogP contribution < -0.4 is 0 Å². The van der Waals surface area contributed by atoms with Crippen molar-refractivity contribution in [2.45, 2.75) is 30.6 Å². The summed E-state index contributed by atoms with van der Waals surface area (Å²) in [5.74, 6) is -0.186. The molecule has 0 amide bonds. The van der Waals surface area contributed by atoms with Gasteiger partial charge in [-0.05, 0) is 43.5 Å². The van der Waals surface area contributed by atoms with Gasteiger partial charge in [-0.1, -0.05) is 11.3 Å². The third kappa shape index (κ3) is 2.94. The Morgan fingerprint density at radius 3 is 2.72 bits per heavy atom. The van der Waals surface area contributed by atoms with Crippen LogP contribution in [0.5, 0.6) is 0 Å². The fourth-order valence-electron chi connectivity index (χ4n) is 3.01. The lowest BCUT2D eigenvalue weighted by Gasteiger charge is -2.30. The van der Waals surface area contributed by atoms with Gasteiger partial charge in [0.25, 0.3) is 0 Å². The van der Waals surface area contributed by atoms with E-state index in [4.69, 9.17) is 0 Å². The van der Waals surface area contributed by atoms with E-state index in [9.17, 15) is 12.8 Å². The number of benzene rings is 1. The molecule has 1 fully saturated rings. The van der Waals surface area contributed by atoms with Crippen molar-refractivity contribution in [1.82, 2.24) is 24.1 Å². The number of hydrogen-bond acceptors (Lipinski definition) is 6. The Bertz CT molecular complexity index is 993. The van der Waals surface area contributed by atoms with E-state index in [1.54, 1.807) is 17.8 Å². The van der Waals surface area contributed by atoms with E-state index < -0.39 is 15.8 Å². The number of aromatic nitrogens is 4. The van der Waals surface area contributed by atoms with E-state index >= 15 is 0 Å². The third-order valence-corrected chi connectivity index (χ3v) is 7.44. The first kappa shape index (κ1) is 16.6. The van der Waals surface area contributed by atoms with Gasteiger partial charge in [-0.2, -0.15) is 13.9 Å². The second-order valence-electron chi connectivity index (χ2n) is 6.09. The Morgan fingerprint density at radius 2 is 2.04 bits per heavy atom. The van der Waals surface area contributed by atoms with Crippen LogP contribution in [0, 0.1) is 12.7 Å².